The molecule has 0 N–H and O–H groups in total. The zero-order valence-electron chi connectivity index (χ0n) is 10.2. The lowest BCUT2D eigenvalue weighted by atomic mass is 10.1. The molecule has 0 aliphatic carbocycles. The number of nitrogens with zero attached hydrogens (tertiary/aromatic N) is 1. The number of unbranched alkanes of at least 4 members (excludes halogenated alkanes) is 7. The molecule has 94 valence electrons. The summed E-state index contributed by atoms with van der Waals surface area (Å²) in [5, 5.41) is 0. The second-order valence-electron chi connectivity index (χ2n) is 4.21. The van der Waals surface area contributed by atoms with Gasteiger partial charge in [-0.3, -0.25) is 4.85 Å². The van der Waals surface area contributed by atoms with Crippen LogP contribution in [0.2, 0.25) is 0 Å². The van der Waals surface area contributed by atoms with E-state index in [0.29, 0.717) is 6.42 Å². The summed E-state index contributed by atoms with van der Waals surface area (Å²) in [7, 11) is -3.09. The molecule has 0 fully saturated rings. The number of hydrogen-bond acceptors (Lipinski definition) is 2. The van der Waals surface area contributed by atoms with Crippen LogP contribution >= 0.6 is 0 Å². The summed E-state index contributed by atoms with van der Waals surface area (Å²) in [5.41, 5.74) is 0. The van der Waals surface area contributed by atoms with Crippen molar-refractivity contribution >= 4 is 9.84 Å². The van der Waals surface area contributed by atoms with Crippen LogP contribution < -0.4 is 0 Å². The molecule has 0 aromatic rings. The average Bonchev–Trinajstić information content (AvgIpc) is 2.22. The molecule has 3 nitrogen and oxygen atoms in total. The van der Waals surface area contributed by atoms with Crippen molar-refractivity contribution in [1.82, 2.24) is 0 Å². The van der Waals surface area contributed by atoms with Gasteiger partial charge in [0.05, 0.1) is 5.75 Å². The van der Waals surface area contributed by atoms with E-state index in [4.69, 9.17) is 6.57 Å². The highest BCUT2D eigenvalue weighted by molar-refractivity contribution is 7.91. The van der Waals surface area contributed by atoms with E-state index in [1.165, 1.54) is 32.1 Å². The Morgan fingerprint density at radius 1 is 0.938 bits per heavy atom. The Bertz CT molecular complexity index is 291. The Hall–Kier alpha value is -0.560. The van der Waals surface area contributed by atoms with Gasteiger partial charge in [0.25, 0.3) is 0 Å². The van der Waals surface area contributed by atoms with Crippen LogP contribution in [0, 0.1) is 6.57 Å². The number of sulfone groups is 1. The zero-order chi connectivity index (χ0) is 12.3. The molecular weight excluding hydrogens is 222 g/mol. The van der Waals surface area contributed by atoms with Crippen LogP contribution in [-0.4, -0.2) is 20.0 Å². The van der Waals surface area contributed by atoms with E-state index in [0.717, 1.165) is 12.8 Å². The third-order valence-electron chi connectivity index (χ3n) is 2.57. The molecule has 0 radical (unpaired) electrons. The molecule has 0 saturated heterocycles. The molecule has 0 atom stereocenters. The molecule has 4 heteroatoms. The van der Waals surface area contributed by atoms with Crippen molar-refractivity contribution in [3.8, 4) is 0 Å². The first kappa shape index (κ1) is 15.4. The molecule has 0 bridgehead atoms. The molecule has 0 heterocycles. The molecule has 0 spiro atoms. The van der Waals surface area contributed by atoms with Crippen LogP contribution in [0.1, 0.15) is 58.3 Å². The Morgan fingerprint density at radius 2 is 1.44 bits per heavy atom. The lowest BCUT2D eigenvalue weighted by molar-refractivity contribution is 0.574. The van der Waals surface area contributed by atoms with Gasteiger partial charge in [-0.2, -0.15) is 0 Å². The molecule has 0 amide bonds. The normalized spacial score (nSPS) is 11.2. The minimum absolute atomic E-state index is 0.185. The third kappa shape index (κ3) is 9.97. The summed E-state index contributed by atoms with van der Waals surface area (Å²) in [6.45, 7) is 8.71. The quantitative estimate of drug-likeness (QED) is 0.437. The molecule has 0 aliphatic rings. The standard InChI is InChI=1S/C12H23NO2S/c1-3-4-5-6-7-8-9-10-11-16(14,15)12-13-2/h3-12H2,1H3. The lowest BCUT2D eigenvalue weighted by Crippen LogP contribution is -2.08. The second kappa shape index (κ2) is 9.65. The maximum atomic E-state index is 11.2. The molecule has 0 aliphatic heterocycles. The van der Waals surface area contributed by atoms with Crippen molar-refractivity contribution in [3.63, 3.8) is 0 Å². The largest absolute Gasteiger partial charge is 0.312 e. The highest BCUT2D eigenvalue weighted by Gasteiger charge is 2.12. The van der Waals surface area contributed by atoms with Gasteiger partial charge in [0.15, 0.2) is 0 Å². The summed E-state index contributed by atoms with van der Waals surface area (Å²) in [4.78, 5) is 2.92. The first-order valence-corrected chi connectivity index (χ1v) is 7.98. The van der Waals surface area contributed by atoms with Gasteiger partial charge in [0.2, 0.25) is 9.84 Å². The summed E-state index contributed by atoms with van der Waals surface area (Å²) in [5.74, 6) is -0.159. The predicted molar refractivity (Wildman–Crippen MR) is 67.9 cm³/mol. The van der Waals surface area contributed by atoms with E-state index in [-0.39, 0.29) is 11.6 Å². The molecule has 0 aromatic carbocycles. The third-order valence-corrected chi connectivity index (χ3v) is 4.00. The van der Waals surface area contributed by atoms with E-state index in [1.807, 2.05) is 0 Å². The first-order chi connectivity index (χ1) is 7.62. The SMILES string of the molecule is [C-]#[N+]CS(=O)(=O)CCCCCCCCCC. The van der Waals surface area contributed by atoms with Gasteiger partial charge < -0.3 is 0 Å². The van der Waals surface area contributed by atoms with Crippen LogP contribution in [0.3, 0.4) is 0 Å². The van der Waals surface area contributed by atoms with Gasteiger partial charge in [0, 0.05) is 0 Å². The van der Waals surface area contributed by atoms with Crippen LogP contribution in [0.4, 0.5) is 0 Å². The molecular formula is C12H23NO2S. The van der Waals surface area contributed by atoms with Gasteiger partial charge in [0.1, 0.15) is 0 Å². The van der Waals surface area contributed by atoms with E-state index in [9.17, 15) is 8.42 Å². The maximum Gasteiger partial charge on any atom is 0.312 e. The molecule has 0 aromatic heterocycles. The van der Waals surface area contributed by atoms with Gasteiger partial charge in [-0.15, -0.1) is 0 Å². The van der Waals surface area contributed by atoms with Crippen LogP contribution in [-0.2, 0) is 9.84 Å². The van der Waals surface area contributed by atoms with Gasteiger partial charge in [-0.1, -0.05) is 51.9 Å². The van der Waals surface area contributed by atoms with Gasteiger partial charge >= 0.3 is 5.88 Å². The fraction of sp³-hybridized carbons (Fsp3) is 0.917. The summed E-state index contributed by atoms with van der Waals surface area (Å²) < 4.78 is 22.4. The Kier molecular flexibility index (Phi) is 9.31. The lowest BCUT2D eigenvalue weighted by Gasteiger charge is -2.00. The predicted octanol–water partition coefficient (Wildman–Crippen LogP) is 3.42. The fourth-order valence-corrected chi connectivity index (χ4v) is 2.59. The molecule has 0 rings (SSSR count). The fourth-order valence-electron chi connectivity index (χ4n) is 1.62. The van der Waals surface area contributed by atoms with Gasteiger partial charge in [-0.05, 0) is 6.42 Å². The van der Waals surface area contributed by atoms with Crippen molar-refractivity contribution < 1.29 is 8.42 Å². The van der Waals surface area contributed by atoms with Crippen molar-refractivity contribution in [1.29, 1.82) is 0 Å². The zero-order valence-corrected chi connectivity index (χ0v) is 11.1. The number of hydrogen-bond donors (Lipinski definition) is 0. The second-order valence-corrected chi connectivity index (χ2v) is 6.36. The number of rotatable bonds is 10. The Balaban J connectivity index is 3.31. The molecule has 0 saturated carbocycles. The average molecular weight is 245 g/mol. The van der Waals surface area contributed by atoms with Crippen molar-refractivity contribution in [2.45, 2.75) is 58.3 Å². The van der Waals surface area contributed by atoms with Crippen LogP contribution in [0.5, 0.6) is 0 Å². The molecule has 16 heavy (non-hydrogen) atoms. The van der Waals surface area contributed by atoms with E-state index >= 15 is 0 Å². The monoisotopic (exact) mass is 245 g/mol. The minimum Gasteiger partial charge on any atom is -0.300 e. The van der Waals surface area contributed by atoms with E-state index in [1.54, 1.807) is 0 Å². The summed E-state index contributed by atoms with van der Waals surface area (Å²) in [6, 6.07) is 0. The van der Waals surface area contributed by atoms with Crippen LogP contribution in [0.15, 0.2) is 0 Å². The Morgan fingerprint density at radius 3 is 1.94 bits per heavy atom. The maximum absolute atomic E-state index is 11.2. The van der Waals surface area contributed by atoms with Crippen LogP contribution in [0.25, 0.3) is 4.85 Å². The van der Waals surface area contributed by atoms with Crippen molar-refractivity contribution in [2.75, 3.05) is 11.6 Å². The smallest absolute Gasteiger partial charge is 0.300 e. The minimum atomic E-state index is -3.09. The Labute approximate surface area is 100.0 Å². The van der Waals surface area contributed by atoms with Gasteiger partial charge in [-0.25, -0.2) is 15.0 Å². The topological polar surface area (TPSA) is 38.5 Å². The first-order valence-electron chi connectivity index (χ1n) is 6.16. The van der Waals surface area contributed by atoms with E-state index in [2.05, 4.69) is 11.8 Å². The van der Waals surface area contributed by atoms with E-state index < -0.39 is 9.84 Å². The highest BCUT2D eigenvalue weighted by atomic mass is 32.2. The molecule has 0 unspecified atom stereocenters. The van der Waals surface area contributed by atoms with Crippen molar-refractivity contribution in [2.24, 2.45) is 0 Å². The summed E-state index contributed by atoms with van der Waals surface area (Å²) in [6.07, 6.45) is 9.15. The van der Waals surface area contributed by atoms with Crippen molar-refractivity contribution in [3.05, 3.63) is 11.4 Å². The highest BCUT2D eigenvalue weighted by Crippen LogP contribution is 2.09. The summed E-state index contributed by atoms with van der Waals surface area (Å²) >= 11 is 0.